The van der Waals surface area contributed by atoms with Crippen LogP contribution >= 0.6 is 0 Å². The van der Waals surface area contributed by atoms with E-state index in [0.717, 1.165) is 12.8 Å². The topological polar surface area (TPSA) is 47.8 Å². The molecule has 1 aliphatic rings. The Balaban J connectivity index is 2.39. The average Bonchev–Trinajstić information content (AvgIpc) is 2.29. The normalized spacial score (nSPS) is 23.3. The summed E-state index contributed by atoms with van der Waals surface area (Å²) in [5.41, 5.74) is 0. The summed E-state index contributed by atoms with van der Waals surface area (Å²) in [5.74, 6) is -0.177. The number of carbonyl (C=O) groups is 1. The molecule has 1 amide bonds. The fourth-order valence-corrected chi connectivity index (χ4v) is 0.968. The van der Waals surface area contributed by atoms with E-state index in [-0.39, 0.29) is 11.1 Å². The molecule has 0 aromatic carbocycles. The maximum Gasteiger partial charge on any atom is 0.297 e. The molecule has 1 unspecified atom stereocenters. The predicted octanol–water partition coefficient (Wildman–Crippen LogP) is -0.560. The van der Waals surface area contributed by atoms with E-state index in [0.29, 0.717) is 6.54 Å². The van der Waals surface area contributed by atoms with Gasteiger partial charge in [0.2, 0.25) is 0 Å². The number of amides is 1. The molecule has 0 fully saturated rings. The number of carbonyl (C=O) groups excluding carboxylic acids is 1. The summed E-state index contributed by atoms with van der Waals surface area (Å²) < 4.78 is 0. The molecule has 0 bridgehead atoms. The number of nitrogens with zero attached hydrogens (tertiary/aromatic N) is 1. The van der Waals surface area contributed by atoms with Gasteiger partial charge in [-0.1, -0.05) is 13.3 Å². The Morgan fingerprint density at radius 3 is 2.91 bits per heavy atom. The summed E-state index contributed by atoms with van der Waals surface area (Å²) in [6, 6.07) is 0. The van der Waals surface area contributed by atoms with E-state index in [1.165, 1.54) is 17.3 Å². The number of hydrogen-bond donors (Lipinski definition) is 1. The lowest BCUT2D eigenvalue weighted by Gasteiger charge is -2.24. The molecule has 62 valence electrons. The Bertz CT molecular complexity index is 179. The van der Waals surface area contributed by atoms with E-state index in [1.54, 1.807) is 0 Å². The molecule has 0 saturated heterocycles. The Hall–Kier alpha value is -0.870. The minimum atomic E-state index is -0.177. The van der Waals surface area contributed by atoms with E-state index in [4.69, 9.17) is 0 Å². The third-order valence-corrected chi connectivity index (χ3v) is 1.64. The second kappa shape index (κ2) is 3.50. The molecular formula is C7H12N2O2. The molecule has 11 heavy (non-hydrogen) atoms. The van der Waals surface area contributed by atoms with Crippen LogP contribution in [0.4, 0.5) is 0 Å². The third-order valence-electron chi connectivity index (χ3n) is 1.64. The molecule has 4 heteroatoms. The molecule has 0 aromatic heterocycles. The smallest absolute Gasteiger partial charge is 0.297 e. The Kier molecular flexibility index (Phi) is 2.62. The van der Waals surface area contributed by atoms with Crippen molar-refractivity contribution in [2.24, 2.45) is 0 Å². The molecule has 0 aromatic rings. The van der Waals surface area contributed by atoms with Crippen LogP contribution in [-0.4, -0.2) is 17.5 Å². The third kappa shape index (κ3) is 1.78. The van der Waals surface area contributed by atoms with Crippen LogP contribution in [0.5, 0.6) is 0 Å². The van der Waals surface area contributed by atoms with Crippen LogP contribution in [0, 0.1) is 5.21 Å². The highest BCUT2D eigenvalue weighted by Crippen LogP contribution is 1.93. The highest BCUT2D eigenvalue weighted by Gasteiger charge is 2.21. The summed E-state index contributed by atoms with van der Waals surface area (Å²) in [6.07, 6.45) is 4.52. The maximum atomic E-state index is 10.9. The van der Waals surface area contributed by atoms with Gasteiger partial charge in [0, 0.05) is 0 Å². The van der Waals surface area contributed by atoms with Crippen LogP contribution in [0.25, 0.3) is 0 Å². The zero-order valence-corrected chi connectivity index (χ0v) is 6.54. The van der Waals surface area contributed by atoms with Gasteiger partial charge in [-0.15, -0.1) is 0 Å². The zero-order chi connectivity index (χ0) is 8.27. The fraction of sp³-hybridized carbons (Fsp3) is 0.571. The van der Waals surface area contributed by atoms with Gasteiger partial charge in [0.15, 0.2) is 0 Å². The van der Waals surface area contributed by atoms with E-state index >= 15 is 0 Å². The van der Waals surface area contributed by atoms with Crippen LogP contribution in [0.15, 0.2) is 12.3 Å². The van der Waals surface area contributed by atoms with Crippen molar-refractivity contribution in [2.45, 2.75) is 19.8 Å². The molecule has 1 N–H and O–H groups in total. The SMILES string of the molecule is CCCCN1C(=O)C=C[NH+]1[O-]. The summed E-state index contributed by atoms with van der Waals surface area (Å²) >= 11 is 0. The lowest BCUT2D eigenvalue weighted by atomic mass is 10.3. The number of unbranched alkanes of at least 4 members (excludes halogenated alkanes) is 1. The van der Waals surface area contributed by atoms with Crippen LogP contribution in [0.2, 0.25) is 0 Å². The number of hydroxylamine groups is 1. The molecule has 1 atom stereocenters. The summed E-state index contributed by atoms with van der Waals surface area (Å²) in [7, 11) is 0. The minimum absolute atomic E-state index is 0.177. The van der Waals surface area contributed by atoms with Gasteiger partial charge in [-0.25, -0.2) is 5.17 Å². The molecule has 4 nitrogen and oxygen atoms in total. The molecule has 0 aliphatic carbocycles. The van der Waals surface area contributed by atoms with E-state index in [1.807, 2.05) is 6.92 Å². The standard InChI is InChI=1S/C7H12N2O2/c1-2-3-5-8-7(10)4-6-9(8)11/h4,6,9H,2-3,5H2,1H3. The molecule has 1 aliphatic heterocycles. The van der Waals surface area contributed by atoms with Crippen LogP contribution in [0.1, 0.15) is 19.8 Å². The number of quaternary nitrogens is 1. The van der Waals surface area contributed by atoms with Crippen LogP contribution in [-0.2, 0) is 4.79 Å². The summed E-state index contributed by atoms with van der Waals surface area (Å²) in [5, 5.41) is 12.0. The van der Waals surface area contributed by atoms with Crippen molar-refractivity contribution in [2.75, 3.05) is 6.54 Å². The molecule has 1 rings (SSSR count). The van der Waals surface area contributed by atoms with Gasteiger partial charge in [0.05, 0.1) is 12.6 Å². The maximum absolute atomic E-state index is 10.9. The lowest BCUT2D eigenvalue weighted by Crippen LogP contribution is -3.08. The first-order valence-electron chi connectivity index (χ1n) is 3.79. The van der Waals surface area contributed by atoms with Gasteiger partial charge in [0.25, 0.3) is 5.91 Å². The molecular weight excluding hydrogens is 144 g/mol. The number of hydrogen-bond acceptors (Lipinski definition) is 2. The molecule has 0 radical (unpaired) electrons. The van der Waals surface area contributed by atoms with Crippen molar-refractivity contribution in [3.8, 4) is 0 Å². The molecule has 0 saturated carbocycles. The van der Waals surface area contributed by atoms with E-state index in [9.17, 15) is 10.0 Å². The van der Waals surface area contributed by atoms with Crippen molar-refractivity contribution >= 4 is 5.91 Å². The first-order valence-corrected chi connectivity index (χ1v) is 3.79. The number of nitrogens with one attached hydrogen (secondary N) is 1. The van der Waals surface area contributed by atoms with Crippen LogP contribution in [0.3, 0.4) is 0 Å². The largest absolute Gasteiger partial charge is 0.603 e. The average molecular weight is 156 g/mol. The Morgan fingerprint density at radius 2 is 2.45 bits per heavy atom. The van der Waals surface area contributed by atoms with Crippen molar-refractivity contribution in [1.29, 1.82) is 0 Å². The zero-order valence-electron chi connectivity index (χ0n) is 6.54. The first kappa shape index (κ1) is 8.23. The van der Waals surface area contributed by atoms with Crippen LogP contribution < -0.4 is 5.17 Å². The van der Waals surface area contributed by atoms with E-state index in [2.05, 4.69) is 0 Å². The monoisotopic (exact) mass is 156 g/mol. The number of rotatable bonds is 3. The van der Waals surface area contributed by atoms with Gasteiger partial charge in [0.1, 0.15) is 6.20 Å². The van der Waals surface area contributed by atoms with Gasteiger partial charge in [-0.05, 0) is 6.42 Å². The van der Waals surface area contributed by atoms with Crippen molar-refractivity contribution < 1.29 is 9.97 Å². The molecule has 1 heterocycles. The highest BCUT2D eigenvalue weighted by molar-refractivity contribution is 5.87. The second-order valence-electron chi connectivity index (χ2n) is 2.52. The quantitative estimate of drug-likeness (QED) is 0.557. The predicted molar refractivity (Wildman–Crippen MR) is 40.1 cm³/mol. The molecule has 0 spiro atoms. The fourth-order valence-electron chi connectivity index (χ4n) is 0.968. The Morgan fingerprint density at radius 1 is 1.73 bits per heavy atom. The van der Waals surface area contributed by atoms with Crippen molar-refractivity contribution in [3.05, 3.63) is 17.5 Å². The van der Waals surface area contributed by atoms with Gasteiger partial charge < -0.3 is 5.21 Å². The van der Waals surface area contributed by atoms with Crippen molar-refractivity contribution in [1.82, 2.24) is 5.01 Å². The van der Waals surface area contributed by atoms with Gasteiger partial charge in [-0.2, -0.15) is 5.01 Å². The van der Waals surface area contributed by atoms with Gasteiger partial charge in [-0.3, -0.25) is 4.79 Å². The summed E-state index contributed by atoms with van der Waals surface area (Å²) in [6.45, 7) is 2.58. The highest BCUT2D eigenvalue weighted by atomic mass is 16.6. The second-order valence-corrected chi connectivity index (χ2v) is 2.52. The van der Waals surface area contributed by atoms with E-state index < -0.39 is 0 Å². The first-order chi connectivity index (χ1) is 5.25. The lowest BCUT2D eigenvalue weighted by molar-refractivity contribution is -0.904. The summed E-state index contributed by atoms with van der Waals surface area (Å²) in [4.78, 5) is 10.9. The van der Waals surface area contributed by atoms with Crippen molar-refractivity contribution in [3.63, 3.8) is 0 Å². The Labute approximate surface area is 65.6 Å². The minimum Gasteiger partial charge on any atom is -0.603 e. The van der Waals surface area contributed by atoms with Gasteiger partial charge >= 0.3 is 0 Å².